The van der Waals surface area contributed by atoms with Crippen molar-refractivity contribution in [3.05, 3.63) is 22.8 Å². The maximum absolute atomic E-state index is 12.4. The zero-order valence-corrected chi connectivity index (χ0v) is 13.4. The SMILES string of the molecule is Cc1csc(N/C=C(/C#N)C(=O)N2CCN(CCN)CC2)n1. The van der Waals surface area contributed by atoms with E-state index in [0.29, 0.717) is 24.8 Å². The van der Waals surface area contributed by atoms with Crippen LogP contribution in [-0.2, 0) is 4.79 Å². The number of hydrogen-bond donors (Lipinski definition) is 2. The van der Waals surface area contributed by atoms with Gasteiger partial charge in [0.25, 0.3) is 5.91 Å². The maximum atomic E-state index is 12.4. The maximum Gasteiger partial charge on any atom is 0.266 e. The Morgan fingerprint density at radius 3 is 2.82 bits per heavy atom. The summed E-state index contributed by atoms with van der Waals surface area (Å²) in [4.78, 5) is 20.5. The minimum Gasteiger partial charge on any atom is -0.337 e. The standard InChI is InChI=1S/C14H20N6OS/c1-11-10-22-14(18-11)17-9-12(8-16)13(21)20-6-4-19(3-2-15)5-7-20/h9-10H,2-7,15H2,1H3,(H,17,18)/b12-9-. The molecule has 7 nitrogen and oxygen atoms in total. The van der Waals surface area contributed by atoms with E-state index in [4.69, 9.17) is 5.73 Å². The molecule has 1 amide bonds. The first kappa shape index (κ1) is 16.4. The van der Waals surface area contributed by atoms with Crippen molar-refractivity contribution in [3.63, 3.8) is 0 Å². The van der Waals surface area contributed by atoms with E-state index in [1.165, 1.54) is 17.5 Å². The summed E-state index contributed by atoms with van der Waals surface area (Å²) in [7, 11) is 0. The number of carbonyl (C=O) groups is 1. The zero-order chi connectivity index (χ0) is 15.9. The van der Waals surface area contributed by atoms with Gasteiger partial charge in [0.05, 0.1) is 5.69 Å². The molecule has 22 heavy (non-hydrogen) atoms. The predicted octanol–water partition coefficient (Wildman–Crippen LogP) is 0.374. The molecule has 0 unspecified atom stereocenters. The predicted molar refractivity (Wildman–Crippen MR) is 86.2 cm³/mol. The second-order valence-electron chi connectivity index (χ2n) is 5.03. The highest BCUT2D eigenvalue weighted by atomic mass is 32.1. The number of hydrogen-bond acceptors (Lipinski definition) is 7. The minimum absolute atomic E-state index is 0.0973. The van der Waals surface area contributed by atoms with Crippen molar-refractivity contribution < 1.29 is 4.79 Å². The molecule has 1 aromatic heterocycles. The van der Waals surface area contributed by atoms with Gasteiger partial charge in [-0.3, -0.25) is 9.69 Å². The van der Waals surface area contributed by atoms with Gasteiger partial charge >= 0.3 is 0 Å². The van der Waals surface area contributed by atoms with Gasteiger partial charge in [-0.2, -0.15) is 5.26 Å². The third-order valence-electron chi connectivity index (χ3n) is 3.41. The molecule has 0 aromatic carbocycles. The average molecular weight is 320 g/mol. The Morgan fingerprint density at radius 2 is 2.27 bits per heavy atom. The van der Waals surface area contributed by atoms with Gasteiger partial charge in [0.15, 0.2) is 5.13 Å². The molecule has 1 saturated heterocycles. The molecule has 0 bridgehead atoms. The number of aryl methyl sites for hydroxylation is 1. The summed E-state index contributed by atoms with van der Waals surface area (Å²) in [5.74, 6) is -0.240. The molecule has 1 aromatic rings. The van der Waals surface area contributed by atoms with Crippen molar-refractivity contribution in [3.8, 4) is 6.07 Å². The van der Waals surface area contributed by atoms with Crippen LogP contribution >= 0.6 is 11.3 Å². The van der Waals surface area contributed by atoms with Crippen molar-refractivity contribution in [1.29, 1.82) is 5.26 Å². The molecular formula is C14H20N6OS. The average Bonchev–Trinajstić information content (AvgIpc) is 2.94. The number of rotatable bonds is 5. The van der Waals surface area contributed by atoms with Crippen molar-refractivity contribution >= 4 is 22.4 Å². The Labute approximate surface area is 134 Å². The molecule has 2 rings (SSSR count). The number of nitriles is 1. The van der Waals surface area contributed by atoms with Crippen LogP contribution in [-0.4, -0.2) is 60.0 Å². The first-order chi connectivity index (χ1) is 10.6. The lowest BCUT2D eigenvalue weighted by molar-refractivity contribution is -0.128. The molecule has 3 N–H and O–H groups in total. The third-order valence-corrected chi connectivity index (χ3v) is 4.31. The topological polar surface area (TPSA) is 98.3 Å². The molecule has 1 aliphatic rings. The van der Waals surface area contributed by atoms with Gasteiger partial charge in [0.1, 0.15) is 11.6 Å². The Bertz CT molecular complexity index is 582. The van der Waals surface area contributed by atoms with E-state index in [2.05, 4.69) is 15.2 Å². The first-order valence-electron chi connectivity index (χ1n) is 7.14. The van der Waals surface area contributed by atoms with Crippen LogP contribution in [0.3, 0.4) is 0 Å². The van der Waals surface area contributed by atoms with Crippen LogP contribution < -0.4 is 11.1 Å². The van der Waals surface area contributed by atoms with Gasteiger partial charge in [0, 0.05) is 50.8 Å². The number of amides is 1. The molecule has 2 heterocycles. The fourth-order valence-corrected chi connectivity index (χ4v) is 2.88. The van der Waals surface area contributed by atoms with Crippen molar-refractivity contribution in [2.45, 2.75) is 6.92 Å². The number of anilines is 1. The molecule has 0 saturated carbocycles. The van der Waals surface area contributed by atoms with E-state index >= 15 is 0 Å². The van der Waals surface area contributed by atoms with Gasteiger partial charge in [-0.1, -0.05) is 0 Å². The number of thiazole rings is 1. The molecule has 1 aliphatic heterocycles. The summed E-state index contributed by atoms with van der Waals surface area (Å²) < 4.78 is 0. The van der Waals surface area contributed by atoms with Gasteiger partial charge in [-0.05, 0) is 6.92 Å². The van der Waals surface area contributed by atoms with Crippen molar-refractivity contribution in [2.24, 2.45) is 5.73 Å². The fourth-order valence-electron chi connectivity index (χ4n) is 2.22. The molecule has 0 spiro atoms. The minimum atomic E-state index is -0.240. The van der Waals surface area contributed by atoms with Crippen LogP contribution in [0.15, 0.2) is 17.2 Å². The molecule has 1 fully saturated rings. The van der Waals surface area contributed by atoms with Gasteiger partial charge < -0.3 is 16.0 Å². The first-order valence-corrected chi connectivity index (χ1v) is 8.02. The van der Waals surface area contributed by atoms with Crippen LogP contribution in [0.5, 0.6) is 0 Å². The zero-order valence-electron chi connectivity index (χ0n) is 12.6. The van der Waals surface area contributed by atoms with Crippen molar-refractivity contribution in [2.75, 3.05) is 44.6 Å². The molecule has 118 valence electrons. The van der Waals surface area contributed by atoms with Crippen LogP contribution in [0.4, 0.5) is 5.13 Å². The van der Waals surface area contributed by atoms with Gasteiger partial charge in [-0.15, -0.1) is 11.3 Å². The monoisotopic (exact) mass is 320 g/mol. The summed E-state index contributed by atoms with van der Waals surface area (Å²) in [6.45, 7) is 6.18. The van der Waals surface area contributed by atoms with Crippen molar-refractivity contribution in [1.82, 2.24) is 14.8 Å². The third kappa shape index (κ3) is 4.27. The number of nitrogens with zero attached hydrogens (tertiary/aromatic N) is 4. The molecular weight excluding hydrogens is 300 g/mol. The van der Waals surface area contributed by atoms with E-state index in [1.54, 1.807) is 4.90 Å². The smallest absolute Gasteiger partial charge is 0.266 e. The van der Waals surface area contributed by atoms with E-state index < -0.39 is 0 Å². The Morgan fingerprint density at radius 1 is 1.55 bits per heavy atom. The number of nitrogens with two attached hydrogens (primary N) is 1. The summed E-state index contributed by atoms with van der Waals surface area (Å²) in [6.07, 6.45) is 1.44. The Hall–Kier alpha value is -1.95. The molecule has 8 heteroatoms. The summed E-state index contributed by atoms with van der Waals surface area (Å²) in [5, 5.41) is 14.7. The molecule has 0 atom stereocenters. The highest BCUT2D eigenvalue weighted by molar-refractivity contribution is 7.13. The number of nitrogens with one attached hydrogen (secondary N) is 1. The van der Waals surface area contributed by atoms with Crippen LogP contribution in [0.25, 0.3) is 0 Å². The van der Waals surface area contributed by atoms with E-state index in [0.717, 1.165) is 25.3 Å². The molecule has 0 aliphatic carbocycles. The lowest BCUT2D eigenvalue weighted by Gasteiger charge is -2.34. The number of piperazine rings is 1. The van der Waals surface area contributed by atoms with E-state index in [-0.39, 0.29) is 11.5 Å². The highest BCUT2D eigenvalue weighted by Gasteiger charge is 2.23. The van der Waals surface area contributed by atoms with E-state index in [1.807, 2.05) is 18.4 Å². The van der Waals surface area contributed by atoms with E-state index in [9.17, 15) is 10.1 Å². The lowest BCUT2D eigenvalue weighted by atomic mass is 10.2. The summed E-state index contributed by atoms with van der Waals surface area (Å²) in [5.41, 5.74) is 6.53. The summed E-state index contributed by atoms with van der Waals surface area (Å²) in [6, 6.07) is 1.96. The van der Waals surface area contributed by atoms with Crippen LogP contribution in [0, 0.1) is 18.3 Å². The largest absolute Gasteiger partial charge is 0.337 e. The Kier molecular flexibility index (Phi) is 5.89. The van der Waals surface area contributed by atoms with Crippen LogP contribution in [0.2, 0.25) is 0 Å². The quantitative estimate of drug-likeness (QED) is 0.601. The number of aromatic nitrogens is 1. The lowest BCUT2D eigenvalue weighted by Crippen LogP contribution is -2.50. The Balaban J connectivity index is 1.93. The normalized spacial score (nSPS) is 16.4. The fraction of sp³-hybridized carbons (Fsp3) is 0.500. The summed E-state index contributed by atoms with van der Waals surface area (Å²) >= 11 is 1.44. The second-order valence-corrected chi connectivity index (χ2v) is 5.89. The van der Waals surface area contributed by atoms with Gasteiger partial charge in [0.2, 0.25) is 0 Å². The van der Waals surface area contributed by atoms with Gasteiger partial charge in [-0.25, -0.2) is 4.98 Å². The molecule has 0 radical (unpaired) electrons. The second kappa shape index (κ2) is 7.89. The van der Waals surface area contributed by atoms with Crippen LogP contribution in [0.1, 0.15) is 5.69 Å². The number of carbonyl (C=O) groups excluding carboxylic acids is 1. The highest BCUT2D eigenvalue weighted by Crippen LogP contribution is 2.15.